The summed E-state index contributed by atoms with van der Waals surface area (Å²) in [5, 5.41) is 10.0. The fraction of sp³-hybridized carbons (Fsp3) is 0.154. The molecule has 5 nitrogen and oxygen atoms in total. The number of aliphatic carboxylic acids is 1. The summed E-state index contributed by atoms with van der Waals surface area (Å²) >= 11 is 0. The Bertz CT molecular complexity index is 1190. The van der Waals surface area contributed by atoms with Crippen LogP contribution in [0.1, 0.15) is 23.2 Å². The zero-order chi connectivity index (χ0) is 21.5. The molecule has 0 aliphatic heterocycles. The standard InChI is InChI=1S/C26H23NO4/c28-26(29)15-13-19-6-1-2-8-21(19)17-30-23-9-5-10-24(16-23)31-18-22-14-12-20-7-3-4-11-25(20)27-22/h1-12,14,16H,13,15,17-18H2,(H,28,29). The summed E-state index contributed by atoms with van der Waals surface area (Å²) in [6.07, 6.45) is 0.583. The van der Waals surface area contributed by atoms with Crippen molar-refractivity contribution in [2.24, 2.45) is 0 Å². The normalized spacial score (nSPS) is 10.7. The molecule has 0 amide bonds. The lowest BCUT2D eigenvalue weighted by atomic mass is 10.0. The van der Waals surface area contributed by atoms with Gasteiger partial charge in [-0.2, -0.15) is 0 Å². The molecule has 3 aromatic carbocycles. The van der Waals surface area contributed by atoms with E-state index in [2.05, 4.69) is 4.98 Å². The number of aromatic nitrogens is 1. The van der Waals surface area contributed by atoms with Gasteiger partial charge in [-0.25, -0.2) is 4.98 Å². The van der Waals surface area contributed by atoms with Gasteiger partial charge in [-0.15, -0.1) is 0 Å². The van der Waals surface area contributed by atoms with Crippen LogP contribution in [-0.2, 0) is 24.4 Å². The third-order valence-corrected chi connectivity index (χ3v) is 4.97. The SMILES string of the molecule is O=C(O)CCc1ccccc1COc1cccc(OCc2ccc3ccccc3n2)c1. The smallest absolute Gasteiger partial charge is 0.303 e. The van der Waals surface area contributed by atoms with Crippen molar-refractivity contribution in [1.29, 1.82) is 0 Å². The first-order valence-electron chi connectivity index (χ1n) is 10.2. The summed E-state index contributed by atoms with van der Waals surface area (Å²) in [7, 11) is 0. The monoisotopic (exact) mass is 413 g/mol. The number of rotatable bonds is 9. The molecule has 4 aromatic rings. The zero-order valence-corrected chi connectivity index (χ0v) is 17.0. The number of para-hydroxylation sites is 1. The van der Waals surface area contributed by atoms with Crippen molar-refractivity contribution in [3.05, 3.63) is 102 Å². The maximum atomic E-state index is 10.9. The average molecular weight is 413 g/mol. The summed E-state index contributed by atoms with van der Waals surface area (Å²) in [6.45, 7) is 0.734. The maximum Gasteiger partial charge on any atom is 0.303 e. The second kappa shape index (κ2) is 9.76. The average Bonchev–Trinajstić information content (AvgIpc) is 2.80. The zero-order valence-electron chi connectivity index (χ0n) is 17.0. The number of fused-ring (bicyclic) bond motifs is 1. The van der Waals surface area contributed by atoms with Gasteiger partial charge in [0.25, 0.3) is 0 Å². The first kappa shape index (κ1) is 20.4. The topological polar surface area (TPSA) is 68.7 Å². The summed E-state index contributed by atoms with van der Waals surface area (Å²) in [4.78, 5) is 15.5. The Hall–Kier alpha value is -3.86. The summed E-state index contributed by atoms with van der Waals surface area (Å²) in [6, 6.07) is 27.2. The van der Waals surface area contributed by atoms with E-state index >= 15 is 0 Å². The predicted molar refractivity (Wildman–Crippen MR) is 119 cm³/mol. The van der Waals surface area contributed by atoms with Gasteiger partial charge in [0, 0.05) is 17.9 Å². The predicted octanol–water partition coefficient (Wildman–Crippen LogP) is 5.41. The van der Waals surface area contributed by atoms with Gasteiger partial charge in [-0.05, 0) is 41.8 Å². The Balaban J connectivity index is 1.38. The third kappa shape index (κ3) is 5.60. The number of pyridine rings is 1. The Labute approximate surface area is 180 Å². The van der Waals surface area contributed by atoms with Gasteiger partial charge in [0.05, 0.1) is 11.2 Å². The molecule has 0 aliphatic carbocycles. The van der Waals surface area contributed by atoms with E-state index in [1.54, 1.807) is 0 Å². The van der Waals surface area contributed by atoms with E-state index in [4.69, 9.17) is 14.6 Å². The highest BCUT2D eigenvalue weighted by atomic mass is 16.5. The summed E-state index contributed by atoms with van der Waals surface area (Å²) < 4.78 is 11.9. The van der Waals surface area contributed by atoms with Gasteiger partial charge in [-0.1, -0.05) is 54.6 Å². The number of ether oxygens (including phenoxy) is 2. The van der Waals surface area contributed by atoms with Gasteiger partial charge in [0.2, 0.25) is 0 Å². The number of nitrogens with zero attached hydrogens (tertiary/aromatic N) is 1. The molecule has 31 heavy (non-hydrogen) atoms. The number of hydrogen-bond acceptors (Lipinski definition) is 4. The van der Waals surface area contributed by atoms with Crippen LogP contribution in [0.3, 0.4) is 0 Å². The highest BCUT2D eigenvalue weighted by molar-refractivity contribution is 5.78. The van der Waals surface area contributed by atoms with Crippen LogP contribution >= 0.6 is 0 Å². The fourth-order valence-corrected chi connectivity index (χ4v) is 3.34. The Morgan fingerprint density at radius 2 is 1.48 bits per heavy atom. The van der Waals surface area contributed by atoms with Crippen LogP contribution in [0.5, 0.6) is 11.5 Å². The second-order valence-electron chi connectivity index (χ2n) is 7.21. The van der Waals surface area contributed by atoms with E-state index < -0.39 is 5.97 Å². The molecule has 4 rings (SSSR count). The third-order valence-electron chi connectivity index (χ3n) is 4.97. The number of aryl methyl sites for hydroxylation is 1. The molecule has 0 unspecified atom stereocenters. The molecule has 0 spiro atoms. The molecule has 0 saturated heterocycles. The molecule has 1 aromatic heterocycles. The van der Waals surface area contributed by atoms with Crippen LogP contribution in [0.2, 0.25) is 0 Å². The lowest BCUT2D eigenvalue weighted by Gasteiger charge is -2.12. The lowest BCUT2D eigenvalue weighted by Crippen LogP contribution is -2.03. The van der Waals surface area contributed by atoms with E-state index in [0.29, 0.717) is 31.1 Å². The van der Waals surface area contributed by atoms with Crippen molar-refractivity contribution < 1.29 is 19.4 Å². The van der Waals surface area contributed by atoms with Crippen molar-refractivity contribution in [2.45, 2.75) is 26.1 Å². The number of carbonyl (C=O) groups is 1. The Kier molecular flexibility index (Phi) is 6.43. The Morgan fingerprint density at radius 1 is 0.774 bits per heavy atom. The van der Waals surface area contributed by atoms with Crippen molar-refractivity contribution in [1.82, 2.24) is 4.98 Å². The molecule has 0 atom stereocenters. The number of carboxylic acids is 1. The maximum absolute atomic E-state index is 10.9. The van der Waals surface area contributed by atoms with E-state index in [0.717, 1.165) is 27.7 Å². The minimum atomic E-state index is -0.804. The van der Waals surface area contributed by atoms with Crippen molar-refractivity contribution in [3.8, 4) is 11.5 Å². The number of carboxylic acid groups (broad SMARTS) is 1. The van der Waals surface area contributed by atoms with Gasteiger partial charge >= 0.3 is 5.97 Å². The lowest BCUT2D eigenvalue weighted by molar-refractivity contribution is -0.136. The van der Waals surface area contributed by atoms with Gasteiger partial charge in [0.15, 0.2) is 0 Å². The molecule has 0 aliphatic rings. The first-order chi connectivity index (χ1) is 15.2. The summed E-state index contributed by atoms with van der Waals surface area (Å²) in [5.41, 5.74) is 3.77. The van der Waals surface area contributed by atoms with Gasteiger partial charge in [-0.3, -0.25) is 4.79 Å². The van der Waals surface area contributed by atoms with E-state index in [-0.39, 0.29) is 6.42 Å². The van der Waals surface area contributed by atoms with Crippen LogP contribution < -0.4 is 9.47 Å². The molecule has 1 heterocycles. The van der Waals surface area contributed by atoms with Crippen LogP contribution in [0, 0.1) is 0 Å². The molecule has 5 heteroatoms. The molecular weight excluding hydrogens is 390 g/mol. The second-order valence-corrected chi connectivity index (χ2v) is 7.21. The molecule has 156 valence electrons. The van der Waals surface area contributed by atoms with Crippen molar-refractivity contribution in [2.75, 3.05) is 0 Å². The number of benzene rings is 3. The minimum absolute atomic E-state index is 0.100. The molecule has 0 saturated carbocycles. The highest BCUT2D eigenvalue weighted by Gasteiger charge is 2.07. The minimum Gasteiger partial charge on any atom is -0.489 e. The van der Waals surface area contributed by atoms with Gasteiger partial charge < -0.3 is 14.6 Å². The van der Waals surface area contributed by atoms with Crippen molar-refractivity contribution in [3.63, 3.8) is 0 Å². The van der Waals surface area contributed by atoms with E-state index in [1.165, 1.54) is 0 Å². The molecular formula is C26H23NO4. The highest BCUT2D eigenvalue weighted by Crippen LogP contribution is 2.22. The van der Waals surface area contributed by atoms with Crippen LogP contribution in [0.15, 0.2) is 84.9 Å². The Morgan fingerprint density at radius 3 is 2.29 bits per heavy atom. The molecule has 0 radical (unpaired) electrons. The number of hydrogen-bond donors (Lipinski definition) is 1. The van der Waals surface area contributed by atoms with E-state index in [1.807, 2.05) is 84.9 Å². The molecule has 0 fully saturated rings. The van der Waals surface area contributed by atoms with Crippen LogP contribution in [0.4, 0.5) is 0 Å². The van der Waals surface area contributed by atoms with Crippen molar-refractivity contribution >= 4 is 16.9 Å². The van der Waals surface area contributed by atoms with E-state index in [9.17, 15) is 4.79 Å². The first-order valence-corrected chi connectivity index (χ1v) is 10.2. The quantitative estimate of drug-likeness (QED) is 0.397. The summed E-state index contributed by atoms with van der Waals surface area (Å²) in [5.74, 6) is 0.588. The molecule has 0 bridgehead atoms. The molecule has 1 N–H and O–H groups in total. The largest absolute Gasteiger partial charge is 0.489 e. The van der Waals surface area contributed by atoms with Crippen LogP contribution in [-0.4, -0.2) is 16.1 Å². The van der Waals surface area contributed by atoms with Crippen LogP contribution in [0.25, 0.3) is 10.9 Å². The fourth-order valence-electron chi connectivity index (χ4n) is 3.34. The van der Waals surface area contributed by atoms with Gasteiger partial charge in [0.1, 0.15) is 24.7 Å².